The maximum Gasteiger partial charge on any atom is 0.126 e. The Morgan fingerprint density at radius 2 is 2.10 bits per heavy atom. The minimum absolute atomic E-state index is 0.0245. The molecule has 0 radical (unpaired) electrons. The van der Waals surface area contributed by atoms with Gasteiger partial charge in [-0.15, -0.1) is 0 Å². The highest BCUT2D eigenvalue weighted by Crippen LogP contribution is 2.57. The van der Waals surface area contributed by atoms with E-state index in [2.05, 4.69) is 19.2 Å². The van der Waals surface area contributed by atoms with Gasteiger partial charge in [0.1, 0.15) is 5.82 Å². The van der Waals surface area contributed by atoms with Gasteiger partial charge in [-0.25, -0.2) is 4.39 Å². The number of nitrogens with one attached hydrogen (secondary N) is 1. The first kappa shape index (κ1) is 15.0. The number of hydrogen-bond donors (Lipinski definition) is 1. The van der Waals surface area contributed by atoms with Crippen molar-refractivity contribution in [1.82, 2.24) is 5.32 Å². The Kier molecular flexibility index (Phi) is 4.35. The molecular weight excluding hydrogens is 261 g/mol. The number of fused-ring (bicyclic) bond motifs is 2. The number of hydrogen-bond acceptors (Lipinski definition) is 1. The summed E-state index contributed by atoms with van der Waals surface area (Å²) in [6, 6.07) is 7.35. The smallest absolute Gasteiger partial charge is 0.126 e. The molecule has 2 bridgehead atoms. The molecule has 2 saturated carbocycles. The van der Waals surface area contributed by atoms with Crippen LogP contribution in [0.5, 0.6) is 0 Å². The quantitative estimate of drug-likeness (QED) is 0.817. The van der Waals surface area contributed by atoms with E-state index in [1.807, 2.05) is 12.1 Å². The van der Waals surface area contributed by atoms with Crippen LogP contribution in [0.1, 0.15) is 45.1 Å². The van der Waals surface area contributed by atoms with Crippen molar-refractivity contribution in [2.75, 3.05) is 13.1 Å². The van der Waals surface area contributed by atoms with Crippen LogP contribution >= 0.6 is 0 Å². The molecule has 2 fully saturated rings. The molecule has 3 rings (SSSR count). The molecular formula is C19H28FN. The molecule has 3 atom stereocenters. The van der Waals surface area contributed by atoms with Gasteiger partial charge >= 0.3 is 0 Å². The molecule has 0 amide bonds. The van der Waals surface area contributed by atoms with E-state index >= 15 is 0 Å². The second-order valence-electron chi connectivity index (χ2n) is 7.74. The summed E-state index contributed by atoms with van der Waals surface area (Å²) in [7, 11) is 0. The summed E-state index contributed by atoms with van der Waals surface area (Å²) in [5.41, 5.74) is 1.20. The zero-order valence-electron chi connectivity index (χ0n) is 13.4. The van der Waals surface area contributed by atoms with Gasteiger partial charge in [-0.05, 0) is 67.0 Å². The van der Waals surface area contributed by atoms with Crippen molar-refractivity contribution in [1.29, 1.82) is 0 Å². The van der Waals surface area contributed by atoms with Crippen LogP contribution in [0.15, 0.2) is 24.3 Å². The van der Waals surface area contributed by atoms with Crippen molar-refractivity contribution in [2.24, 2.45) is 23.2 Å². The fraction of sp³-hybridized carbons (Fsp3) is 0.684. The third-order valence-electron chi connectivity index (χ3n) is 5.63. The van der Waals surface area contributed by atoms with Gasteiger partial charge < -0.3 is 5.32 Å². The predicted octanol–water partition coefficient (Wildman–Crippen LogP) is 4.42. The van der Waals surface area contributed by atoms with Crippen molar-refractivity contribution in [3.63, 3.8) is 0 Å². The van der Waals surface area contributed by atoms with E-state index in [1.165, 1.54) is 25.7 Å². The first-order valence-electron chi connectivity index (χ1n) is 8.53. The van der Waals surface area contributed by atoms with Crippen LogP contribution in [-0.4, -0.2) is 13.1 Å². The van der Waals surface area contributed by atoms with Crippen LogP contribution in [0.4, 0.5) is 4.39 Å². The summed E-state index contributed by atoms with van der Waals surface area (Å²) in [5, 5.41) is 3.67. The van der Waals surface area contributed by atoms with Crippen LogP contribution < -0.4 is 5.32 Å². The van der Waals surface area contributed by atoms with Crippen molar-refractivity contribution in [3.8, 4) is 0 Å². The molecule has 0 aliphatic heterocycles. The zero-order valence-corrected chi connectivity index (χ0v) is 13.4. The molecule has 1 N–H and O–H groups in total. The van der Waals surface area contributed by atoms with E-state index in [0.29, 0.717) is 11.3 Å². The number of rotatable bonds is 6. The third kappa shape index (κ3) is 3.15. The summed E-state index contributed by atoms with van der Waals surface area (Å²) >= 11 is 0. The van der Waals surface area contributed by atoms with Crippen LogP contribution in [0.2, 0.25) is 0 Å². The third-order valence-corrected chi connectivity index (χ3v) is 5.63. The minimum atomic E-state index is -0.0245. The van der Waals surface area contributed by atoms with Gasteiger partial charge in [0.25, 0.3) is 0 Å². The van der Waals surface area contributed by atoms with E-state index in [4.69, 9.17) is 0 Å². The Bertz CT molecular complexity index is 484. The summed E-state index contributed by atoms with van der Waals surface area (Å²) in [6.45, 7) is 6.62. The normalized spacial score (nSPS) is 31.2. The summed E-state index contributed by atoms with van der Waals surface area (Å²) < 4.78 is 14.1. The van der Waals surface area contributed by atoms with Gasteiger partial charge in [0.2, 0.25) is 0 Å². The molecule has 1 aromatic rings. The highest BCUT2D eigenvalue weighted by Gasteiger charge is 2.50. The molecule has 3 unspecified atom stereocenters. The Morgan fingerprint density at radius 1 is 1.29 bits per heavy atom. The van der Waals surface area contributed by atoms with Crippen molar-refractivity contribution < 1.29 is 4.39 Å². The standard InChI is InChI=1S/C19H28FN/c1-14(2)12-21-13-19(10-15-7-8-17(19)9-15)11-16-5-3-4-6-18(16)20/h3-6,14-15,17,21H,7-13H2,1-2H3. The topological polar surface area (TPSA) is 12.0 Å². The van der Waals surface area contributed by atoms with Crippen LogP contribution in [0.25, 0.3) is 0 Å². The predicted molar refractivity (Wildman–Crippen MR) is 85.7 cm³/mol. The molecule has 0 spiro atoms. The largest absolute Gasteiger partial charge is 0.316 e. The minimum Gasteiger partial charge on any atom is -0.316 e. The molecule has 0 aromatic heterocycles. The molecule has 1 aromatic carbocycles. The fourth-order valence-electron chi connectivity index (χ4n) is 4.68. The van der Waals surface area contributed by atoms with Crippen molar-refractivity contribution in [2.45, 2.75) is 46.0 Å². The summed E-state index contributed by atoms with van der Waals surface area (Å²) in [6.07, 6.45) is 6.32. The van der Waals surface area contributed by atoms with Gasteiger partial charge in [0.05, 0.1) is 0 Å². The molecule has 2 aliphatic carbocycles. The van der Waals surface area contributed by atoms with Gasteiger partial charge in [-0.3, -0.25) is 0 Å². The van der Waals surface area contributed by atoms with Gasteiger partial charge in [0, 0.05) is 6.54 Å². The Hall–Kier alpha value is -0.890. The van der Waals surface area contributed by atoms with E-state index in [-0.39, 0.29) is 5.82 Å². The van der Waals surface area contributed by atoms with E-state index in [0.717, 1.165) is 36.9 Å². The second-order valence-corrected chi connectivity index (χ2v) is 7.74. The van der Waals surface area contributed by atoms with E-state index in [9.17, 15) is 4.39 Å². The molecule has 0 saturated heterocycles. The van der Waals surface area contributed by atoms with Crippen molar-refractivity contribution >= 4 is 0 Å². The lowest BCUT2D eigenvalue weighted by atomic mass is 9.69. The SMILES string of the molecule is CC(C)CNCC1(Cc2ccccc2F)CC2CCC1C2. The first-order valence-corrected chi connectivity index (χ1v) is 8.53. The van der Waals surface area contributed by atoms with Gasteiger partial charge in [-0.2, -0.15) is 0 Å². The Balaban J connectivity index is 1.75. The maximum atomic E-state index is 14.1. The average molecular weight is 289 g/mol. The monoisotopic (exact) mass is 289 g/mol. The Labute approximate surface area is 128 Å². The van der Waals surface area contributed by atoms with Gasteiger partial charge in [0.15, 0.2) is 0 Å². The van der Waals surface area contributed by atoms with Gasteiger partial charge in [-0.1, -0.05) is 38.5 Å². The molecule has 2 aliphatic rings. The van der Waals surface area contributed by atoms with Crippen LogP contribution in [0.3, 0.4) is 0 Å². The molecule has 1 nitrogen and oxygen atoms in total. The van der Waals surface area contributed by atoms with E-state index < -0.39 is 0 Å². The lowest BCUT2D eigenvalue weighted by Gasteiger charge is -2.39. The highest BCUT2D eigenvalue weighted by molar-refractivity contribution is 5.21. The number of halogens is 1. The Morgan fingerprint density at radius 3 is 2.71 bits per heavy atom. The molecule has 116 valence electrons. The lowest BCUT2D eigenvalue weighted by molar-refractivity contribution is 0.153. The van der Waals surface area contributed by atoms with Crippen LogP contribution in [-0.2, 0) is 6.42 Å². The molecule has 0 heterocycles. The lowest BCUT2D eigenvalue weighted by Crippen LogP contribution is -2.41. The number of benzene rings is 1. The summed E-state index contributed by atoms with van der Waals surface area (Å²) in [5.74, 6) is 2.34. The fourth-order valence-corrected chi connectivity index (χ4v) is 4.68. The zero-order chi connectivity index (χ0) is 14.9. The van der Waals surface area contributed by atoms with Crippen molar-refractivity contribution in [3.05, 3.63) is 35.6 Å². The first-order chi connectivity index (χ1) is 10.1. The van der Waals surface area contributed by atoms with Crippen LogP contribution in [0, 0.1) is 29.0 Å². The highest BCUT2D eigenvalue weighted by atomic mass is 19.1. The second kappa shape index (κ2) is 6.08. The molecule has 21 heavy (non-hydrogen) atoms. The summed E-state index contributed by atoms with van der Waals surface area (Å²) in [4.78, 5) is 0. The molecule has 2 heteroatoms. The maximum absolute atomic E-state index is 14.1. The van der Waals surface area contributed by atoms with E-state index in [1.54, 1.807) is 12.1 Å². The average Bonchev–Trinajstić information content (AvgIpc) is 3.02.